The molecule has 1 amide bonds. The van der Waals surface area contributed by atoms with Gasteiger partial charge in [-0.25, -0.2) is 10.0 Å². The second kappa shape index (κ2) is 8.65. The Labute approximate surface area is 179 Å². The monoisotopic (exact) mass is 418 g/mol. The number of ether oxygens (including phenoxy) is 1. The molecule has 30 heavy (non-hydrogen) atoms. The number of carbonyl (C=O) groups is 1. The lowest BCUT2D eigenvalue weighted by Gasteiger charge is -2.21. The number of thiazole rings is 1. The first kappa shape index (κ1) is 20.1. The van der Waals surface area contributed by atoms with Crippen LogP contribution in [0.4, 0.5) is 0 Å². The van der Waals surface area contributed by atoms with Crippen LogP contribution in [0.15, 0.2) is 72.8 Å². The van der Waals surface area contributed by atoms with Crippen molar-refractivity contribution in [3.8, 4) is 16.9 Å². The smallest absolute Gasteiger partial charge is 0.243 e. The minimum Gasteiger partial charge on any atom is -0.486 e. The van der Waals surface area contributed by atoms with E-state index in [0.717, 1.165) is 42.7 Å². The van der Waals surface area contributed by atoms with Crippen LogP contribution in [0.25, 0.3) is 21.3 Å². The van der Waals surface area contributed by atoms with Crippen molar-refractivity contribution in [1.29, 1.82) is 0 Å². The average Bonchev–Trinajstić information content (AvgIpc) is 3.20. The summed E-state index contributed by atoms with van der Waals surface area (Å²) in [5, 5.41) is 11.5. The lowest BCUT2D eigenvalue weighted by molar-refractivity contribution is -0.172. The molecule has 0 fully saturated rings. The molecule has 4 aromatic rings. The number of hydrogen-bond donors (Lipinski definition) is 1. The van der Waals surface area contributed by atoms with Crippen LogP contribution < -0.4 is 4.74 Å². The summed E-state index contributed by atoms with van der Waals surface area (Å²) in [5.41, 5.74) is 3.99. The van der Waals surface area contributed by atoms with Crippen molar-refractivity contribution in [2.24, 2.45) is 0 Å². The molecule has 152 valence electrons. The molecule has 0 aliphatic carbocycles. The van der Waals surface area contributed by atoms with Crippen LogP contribution >= 0.6 is 11.3 Å². The fourth-order valence-corrected chi connectivity index (χ4v) is 4.12. The van der Waals surface area contributed by atoms with Gasteiger partial charge < -0.3 is 4.74 Å². The highest BCUT2D eigenvalue weighted by Crippen LogP contribution is 2.27. The fourth-order valence-electron chi connectivity index (χ4n) is 3.24. The van der Waals surface area contributed by atoms with E-state index >= 15 is 0 Å². The third-order valence-corrected chi connectivity index (χ3v) is 5.98. The van der Waals surface area contributed by atoms with Crippen LogP contribution in [-0.2, 0) is 11.4 Å². The molecule has 0 saturated heterocycles. The van der Waals surface area contributed by atoms with Gasteiger partial charge in [0.05, 0.1) is 16.3 Å². The van der Waals surface area contributed by atoms with Gasteiger partial charge in [0.2, 0.25) is 5.91 Å². The van der Waals surface area contributed by atoms with Crippen molar-refractivity contribution >= 4 is 27.5 Å². The lowest BCUT2D eigenvalue weighted by Crippen LogP contribution is -2.27. The zero-order chi connectivity index (χ0) is 21.1. The van der Waals surface area contributed by atoms with E-state index in [9.17, 15) is 10.0 Å². The zero-order valence-corrected chi connectivity index (χ0v) is 17.6. The van der Waals surface area contributed by atoms with Crippen LogP contribution in [0.5, 0.6) is 5.75 Å². The summed E-state index contributed by atoms with van der Waals surface area (Å²) in [5.74, 6) is 0.411. The van der Waals surface area contributed by atoms with E-state index in [-0.39, 0.29) is 5.91 Å². The predicted octanol–water partition coefficient (Wildman–Crippen LogP) is 5.84. The van der Waals surface area contributed by atoms with E-state index in [0.29, 0.717) is 6.61 Å². The summed E-state index contributed by atoms with van der Waals surface area (Å²) >= 11 is 1.65. The summed E-state index contributed by atoms with van der Waals surface area (Å²) in [6.45, 7) is 3.57. The normalized spacial score (nSPS) is 12.0. The van der Waals surface area contributed by atoms with E-state index in [1.807, 2.05) is 66.7 Å². The van der Waals surface area contributed by atoms with Crippen LogP contribution in [0.1, 0.15) is 30.5 Å². The number of hydroxylamine groups is 2. The number of amides is 1. The maximum atomic E-state index is 11.3. The molecule has 0 spiro atoms. The van der Waals surface area contributed by atoms with Crippen molar-refractivity contribution in [2.45, 2.75) is 26.5 Å². The van der Waals surface area contributed by atoms with E-state index in [4.69, 9.17) is 4.74 Å². The fraction of sp³-hybridized carbons (Fsp3) is 0.167. The standard InChI is InChI=1S/C24H22N2O3S/c1-16(26(28)17(2)27)18-7-9-19(10-8-18)20-11-13-21(14-12-20)29-15-24-25-22-5-3-4-6-23(22)30-24/h3-14,16,28H,15H2,1-2H3. The SMILES string of the molecule is CC(=O)N(O)C(C)c1ccc(-c2ccc(OCc3nc4ccccc4s3)cc2)cc1. The van der Waals surface area contributed by atoms with Crippen LogP contribution in [-0.4, -0.2) is 21.2 Å². The Hall–Kier alpha value is -3.22. The molecule has 5 nitrogen and oxygen atoms in total. The maximum absolute atomic E-state index is 11.3. The number of para-hydroxylation sites is 1. The minimum absolute atomic E-state index is 0.381. The number of carbonyl (C=O) groups excluding carboxylic acids is 1. The number of hydrogen-bond acceptors (Lipinski definition) is 5. The summed E-state index contributed by atoms with van der Waals surface area (Å²) in [6.07, 6.45) is 0. The molecule has 1 aromatic heterocycles. The Bertz CT molecular complexity index is 1120. The van der Waals surface area contributed by atoms with Gasteiger partial charge in [-0.05, 0) is 47.9 Å². The highest BCUT2D eigenvalue weighted by molar-refractivity contribution is 7.18. The summed E-state index contributed by atoms with van der Waals surface area (Å²) in [6, 6.07) is 23.4. The number of rotatable bonds is 6. The average molecular weight is 419 g/mol. The molecule has 0 bridgehead atoms. The van der Waals surface area contributed by atoms with Gasteiger partial charge in [-0.1, -0.05) is 48.5 Å². The Morgan fingerprint density at radius 2 is 1.67 bits per heavy atom. The van der Waals surface area contributed by atoms with Crippen molar-refractivity contribution in [2.75, 3.05) is 0 Å². The van der Waals surface area contributed by atoms with Crippen LogP contribution in [0.3, 0.4) is 0 Å². The van der Waals surface area contributed by atoms with Crippen LogP contribution in [0.2, 0.25) is 0 Å². The molecule has 1 unspecified atom stereocenters. The molecule has 0 radical (unpaired) electrons. The third kappa shape index (κ3) is 4.35. The first-order valence-electron chi connectivity index (χ1n) is 9.67. The molecule has 1 N–H and O–H groups in total. The topological polar surface area (TPSA) is 62.7 Å². The van der Waals surface area contributed by atoms with E-state index in [1.165, 1.54) is 6.92 Å². The van der Waals surface area contributed by atoms with Crippen LogP contribution in [0, 0.1) is 0 Å². The number of nitrogens with zero attached hydrogens (tertiary/aromatic N) is 2. The first-order valence-corrected chi connectivity index (χ1v) is 10.5. The van der Waals surface area contributed by atoms with Crippen molar-refractivity contribution < 1.29 is 14.7 Å². The molecule has 3 aromatic carbocycles. The molecule has 1 atom stereocenters. The molecule has 4 rings (SSSR count). The Balaban J connectivity index is 1.41. The molecular weight excluding hydrogens is 396 g/mol. The quantitative estimate of drug-likeness (QED) is 0.316. The van der Waals surface area contributed by atoms with Gasteiger partial charge in [0.1, 0.15) is 17.4 Å². The number of aromatic nitrogens is 1. The van der Waals surface area contributed by atoms with Crippen molar-refractivity contribution in [3.63, 3.8) is 0 Å². The summed E-state index contributed by atoms with van der Waals surface area (Å²) in [7, 11) is 0. The Kier molecular flexibility index (Phi) is 5.79. The third-order valence-electron chi connectivity index (χ3n) is 4.97. The number of fused-ring (bicyclic) bond motifs is 1. The Morgan fingerprint density at radius 1 is 1.03 bits per heavy atom. The second-order valence-electron chi connectivity index (χ2n) is 7.05. The molecular formula is C24H22N2O3S. The van der Waals surface area contributed by atoms with E-state index < -0.39 is 6.04 Å². The lowest BCUT2D eigenvalue weighted by atomic mass is 10.0. The summed E-state index contributed by atoms with van der Waals surface area (Å²) in [4.78, 5) is 15.9. The molecule has 6 heteroatoms. The van der Waals surface area contributed by atoms with E-state index in [2.05, 4.69) is 11.1 Å². The second-order valence-corrected chi connectivity index (χ2v) is 8.17. The number of benzene rings is 3. The van der Waals surface area contributed by atoms with Gasteiger partial charge >= 0.3 is 0 Å². The van der Waals surface area contributed by atoms with Gasteiger partial charge in [-0.2, -0.15) is 0 Å². The first-order chi connectivity index (χ1) is 14.5. The van der Waals surface area contributed by atoms with Crippen molar-refractivity contribution in [3.05, 3.63) is 83.4 Å². The van der Waals surface area contributed by atoms with Crippen molar-refractivity contribution in [1.82, 2.24) is 10.0 Å². The highest BCUT2D eigenvalue weighted by Gasteiger charge is 2.16. The van der Waals surface area contributed by atoms with Gasteiger partial charge in [-0.15, -0.1) is 11.3 Å². The highest BCUT2D eigenvalue weighted by atomic mass is 32.1. The molecule has 1 heterocycles. The molecule has 0 aliphatic rings. The molecule has 0 saturated carbocycles. The summed E-state index contributed by atoms with van der Waals surface area (Å²) < 4.78 is 7.06. The largest absolute Gasteiger partial charge is 0.486 e. The maximum Gasteiger partial charge on any atom is 0.243 e. The zero-order valence-electron chi connectivity index (χ0n) is 16.8. The van der Waals surface area contributed by atoms with Gasteiger partial charge in [0.25, 0.3) is 0 Å². The molecule has 0 aliphatic heterocycles. The van der Waals surface area contributed by atoms with E-state index in [1.54, 1.807) is 18.3 Å². The van der Waals surface area contributed by atoms with Gasteiger partial charge in [0, 0.05) is 6.92 Å². The Morgan fingerprint density at radius 3 is 2.30 bits per heavy atom. The predicted molar refractivity (Wildman–Crippen MR) is 119 cm³/mol. The minimum atomic E-state index is -0.394. The van der Waals surface area contributed by atoms with Gasteiger partial charge in [-0.3, -0.25) is 10.0 Å². The van der Waals surface area contributed by atoms with Gasteiger partial charge in [0.15, 0.2) is 0 Å².